The fourth-order valence-electron chi connectivity index (χ4n) is 2.75. The first kappa shape index (κ1) is 15.8. The van der Waals surface area contributed by atoms with Crippen LogP contribution < -0.4 is 4.90 Å². The van der Waals surface area contributed by atoms with Crippen molar-refractivity contribution in [2.45, 2.75) is 19.8 Å². The van der Waals surface area contributed by atoms with Crippen molar-refractivity contribution in [3.8, 4) is 5.75 Å². The average Bonchev–Trinajstić information content (AvgIpc) is 3.03. The molecule has 2 heterocycles. The van der Waals surface area contributed by atoms with Crippen LogP contribution in [0, 0.1) is 0 Å². The number of phenols is 1. The number of aromatic hydroxyl groups is 1. The Labute approximate surface area is 140 Å². The molecule has 23 heavy (non-hydrogen) atoms. The van der Waals surface area contributed by atoms with E-state index in [0.717, 1.165) is 41.5 Å². The molecule has 0 bridgehead atoms. The van der Waals surface area contributed by atoms with Crippen LogP contribution in [0.5, 0.6) is 5.75 Å². The predicted octanol–water partition coefficient (Wildman–Crippen LogP) is 2.76. The summed E-state index contributed by atoms with van der Waals surface area (Å²) in [6, 6.07) is 7.25. The summed E-state index contributed by atoms with van der Waals surface area (Å²) in [5.41, 5.74) is 1.00. The van der Waals surface area contributed by atoms with Crippen LogP contribution >= 0.6 is 11.3 Å². The topological polar surface area (TPSA) is 56.7 Å². The van der Waals surface area contributed by atoms with Gasteiger partial charge < -0.3 is 14.9 Å². The van der Waals surface area contributed by atoms with E-state index in [4.69, 9.17) is 0 Å². The lowest BCUT2D eigenvalue weighted by Gasteiger charge is -2.35. The molecule has 122 valence electrons. The van der Waals surface area contributed by atoms with Gasteiger partial charge in [0.2, 0.25) is 0 Å². The number of anilines is 1. The second kappa shape index (κ2) is 7.00. The Bertz CT molecular complexity index is 678. The largest absolute Gasteiger partial charge is 0.508 e. The molecule has 0 spiro atoms. The monoisotopic (exact) mass is 331 g/mol. The number of aromatic nitrogens is 1. The third-order valence-corrected chi connectivity index (χ3v) is 5.04. The Hall–Kier alpha value is -2.08. The Morgan fingerprint density at radius 1 is 1.30 bits per heavy atom. The molecule has 1 saturated heterocycles. The van der Waals surface area contributed by atoms with Crippen molar-refractivity contribution in [2.24, 2.45) is 0 Å². The highest BCUT2D eigenvalue weighted by molar-refractivity contribution is 7.13. The Morgan fingerprint density at radius 3 is 2.78 bits per heavy atom. The van der Waals surface area contributed by atoms with Gasteiger partial charge in [0.05, 0.1) is 11.2 Å². The van der Waals surface area contributed by atoms with Crippen LogP contribution in [0.3, 0.4) is 0 Å². The normalized spacial score (nSPS) is 15.0. The van der Waals surface area contributed by atoms with Gasteiger partial charge in [-0.25, -0.2) is 4.98 Å². The maximum atomic E-state index is 12.6. The lowest BCUT2D eigenvalue weighted by atomic mass is 10.2. The molecular formula is C17H21N3O2S. The minimum Gasteiger partial charge on any atom is -0.508 e. The van der Waals surface area contributed by atoms with E-state index < -0.39 is 0 Å². The standard InChI is InChI=1S/C17H21N3O2S/c1-2-4-16-18-12-15(23-16)17(22)20-9-7-19(8-10-20)13-5-3-6-14(21)11-13/h3,5-6,11-12,21H,2,4,7-10H2,1H3. The smallest absolute Gasteiger partial charge is 0.265 e. The van der Waals surface area contributed by atoms with Gasteiger partial charge in [0, 0.05) is 37.9 Å². The fraction of sp³-hybridized carbons (Fsp3) is 0.412. The molecule has 6 heteroatoms. The van der Waals surface area contributed by atoms with E-state index in [2.05, 4.69) is 16.8 Å². The van der Waals surface area contributed by atoms with Gasteiger partial charge in [-0.15, -0.1) is 11.3 Å². The lowest BCUT2D eigenvalue weighted by molar-refractivity contribution is 0.0751. The second-order valence-electron chi connectivity index (χ2n) is 5.67. The SMILES string of the molecule is CCCc1ncc(C(=O)N2CCN(c3cccc(O)c3)CC2)s1. The van der Waals surface area contributed by atoms with Gasteiger partial charge >= 0.3 is 0 Å². The van der Waals surface area contributed by atoms with Crippen molar-refractivity contribution in [3.05, 3.63) is 40.3 Å². The number of hydrogen-bond donors (Lipinski definition) is 1. The number of thiazole rings is 1. The van der Waals surface area contributed by atoms with Crippen molar-refractivity contribution in [3.63, 3.8) is 0 Å². The summed E-state index contributed by atoms with van der Waals surface area (Å²) < 4.78 is 0. The minimum absolute atomic E-state index is 0.0837. The highest BCUT2D eigenvalue weighted by Gasteiger charge is 2.23. The number of carbonyl (C=O) groups is 1. The molecule has 1 amide bonds. The molecule has 0 atom stereocenters. The Kier molecular flexibility index (Phi) is 4.81. The van der Waals surface area contributed by atoms with Gasteiger partial charge in [-0.05, 0) is 25.0 Å². The summed E-state index contributed by atoms with van der Waals surface area (Å²) >= 11 is 1.51. The second-order valence-corrected chi connectivity index (χ2v) is 6.78. The molecule has 1 aliphatic rings. The van der Waals surface area contributed by atoms with E-state index >= 15 is 0 Å². The number of piperazine rings is 1. The van der Waals surface area contributed by atoms with E-state index in [-0.39, 0.29) is 11.7 Å². The van der Waals surface area contributed by atoms with Crippen molar-refractivity contribution < 1.29 is 9.90 Å². The molecule has 1 aromatic heterocycles. The van der Waals surface area contributed by atoms with Crippen LogP contribution in [0.2, 0.25) is 0 Å². The molecule has 0 aliphatic carbocycles. The Morgan fingerprint density at radius 2 is 2.09 bits per heavy atom. The minimum atomic E-state index is 0.0837. The summed E-state index contributed by atoms with van der Waals surface area (Å²) in [5.74, 6) is 0.356. The van der Waals surface area contributed by atoms with E-state index in [0.29, 0.717) is 13.1 Å². The van der Waals surface area contributed by atoms with Crippen molar-refractivity contribution in [1.29, 1.82) is 0 Å². The van der Waals surface area contributed by atoms with Crippen LogP contribution in [0.1, 0.15) is 28.0 Å². The number of benzene rings is 1. The number of carbonyl (C=O) groups excluding carboxylic acids is 1. The summed E-state index contributed by atoms with van der Waals surface area (Å²) in [7, 11) is 0. The average molecular weight is 331 g/mol. The molecule has 1 aromatic carbocycles. The highest BCUT2D eigenvalue weighted by atomic mass is 32.1. The number of hydrogen-bond acceptors (Lipinski definition) is 5. The van der Waals surface area contributed by atoms with Gasteiger partial charge in [-0.1, -0.05) is 13.0 Å². The van der Waals surface area contributed by atoms with Crippen LogP contribution in [-0.4, -0.2) is 47.1 Å². The summed E-state index contributed by atoms with van der Waals surface area (Å²) in [6.07, 6.45) is 3.69. The molecule has 5 nitrogen and oxygen atoms in total. The van der Waals surface area contributed by atoms with Crippen LogP contribution in [0.4, 0.5) is 5.69 Å². The first-order chi connectivity index (χ1) is 11.2. The van der Waals surface area contributed by atoms with Crippen LogP contribution in [-0.2, 0) is 6.42 Å². The van der Waals surface area contributed by atoms with Gasteiger partial charge in [0.25, 0.3) is 5.91 Å². The zero-order valence-electron chi connectivity index (χ0n) is 13.2. The predicted molar refractivity (Wildman–Crippen MR) is 92.3 cm³/mol. The van der Waals surface area contributed by atoms with Crippen LogP contribution in [0.15, 0.2) is 30.5 Å². The number of aryl methyl sites for hydroxylation is 1. The maximum Gasteiger partial charge on any atom is 0.265 e. The third kappa shape index (κ3) is 3.64. The maximum absolute atomic E-state index is 12.6. The molecular weight excluding hydrogens is 310 g/mol. The number of phenolic OH excluding ortho intramolecular Hbond substituents is 1. The van der Waals surface area contributed by atoms with E-state index in [1.54, 1.807) is 18.3 Å². The number of amides is 1. The van der Waals surface area contributed by atoms with Gasteiger partial charge in [-0.3, -0.25) is 4.79 Å². The summed E-state index contributed by atoms with van der Waals surface area (Å²) in [4.78, 5) is 21.7. The first-order valence-corrected chi connectivity index (χ1v) is 8.77. The van der Waals surface area contributed by atoms with E-state index in [9.17, 15) is 9.90 Å². The van der Waals surface area contributed by atoms with E-state index in [1.165, 1.54) is 11.3 Å². The Balaban J connectivity index is 1.60. The zero-order chi connectivity index (χ0) is 16.2. The van der Waals surface area contributed by atoms with Crippen molar-refractivity contribution in [1.82, 2.24) is 9.88 Å². The molecule has 2 aromatic rings. The first-order valence-electron chi connectivity index (χ1n) is 7.95. The van der Waals surface area contributed by atoms with Crippen molar-refractivity contribution >= 4 is 22.9 Å². The molecule has 3 rings (SSSR count). The number of rotatable bonds is 4. The van der Waals surface area contributed by atoms with Crippen molar-refractivity contribution in [2.75, 3.05) is 31.1 Å². The summed E-state index contributed by atoms with van der Waals surface area (Å²) in [6.45, 7) is 5.04. The molecule has 0 radical (unpaired) electrons. The summed E-state index contributed by atoms with van der Waals surface area (Å²) in [5, 5.41) is 10.6. The molecule has 0 unspecified atom stereocenters. The number of nitrogens with zero attached hydrogens (tertiary/aromatic N) is 3. The van der Waals surface area contributed by atoms with Gasteiger partial charge in [0.15, 0.2) is 0 Å². The molecule has 0 saturated carbocycles. The quantitative estimate of drug-likeness (QED) is 0.936. The van der Waals surface area contributed by atoms with Crippen LogP contribution in [0.25, 0.3) is 0 Å². The molecule has 1 N–H and O–H groups in total. The van der Waals surface area contributed by atoms with Gasteiger partial charge in [0.1, 0.15) is 10.6 Å². The lowest BCUT2D eigenvalue weighted by Crippen LogP contribution is -2.48. The molecule has 1 fully saturated rings. The van der Waals surface area contributed by atoms with Gasteiger partial charge in [-0.2, -0.15) is 0 Å². The fourth-order valence-corrected chi connectivity index (χ4v) is 3.74. The van der Waals surface area contributed by atoms with E-state index in [1.807, 2.05) is 17.0 Å². The molecule has 1 aliphatic heterocycles. The zero-order valence-corrected chi connectivity index (χ0v) is 14.1. The highest BCUT2D eigenvalue weighted by Crippen LogP contribution is 2.22. The third-order valence-electron chi connectivity index (χ3n) is 3.99.